The molecule has 2 nitrogen and oxygen atoms in total. The van der Waals surface area contributed by atoms with E-state index in [9.17, 15) is 8.78 Å². The second kappa shape index (κ2) is 6.64. The van der Waals surface area contributed by atoms with Gasteiger partial charge in [-0.15, -0.1) is 0 Å². The van der Waals surface area contributed by atoms with Crippen LogP contribution in [-0.2, 0) is 4.74 Å². The predicted molar refractivity (Wildman–Crippen MR) is 75.7 cm³/mol. The molecule has 0 radical (unpaired) electrons. The summed E-state index contributed by atoms with van der Waals surface area (Å²) in [6.07, 6.45) is 1.80. The third-order valence-electron chi connectivity index (χ3n) is 4.00. The molecule has 1 N–H and O–H groups in total. The molecule has 20 heavy (non-hydrogen) atoms. The molecule has 1 aliphatic rings. The summed E-state index contributed by atoms with van der Waals surface area (Å²) in [4.78, 5) is 0. The molecule has 3 atom stereocenters. The SMILES string of the molecule is CCCNC(c1cc(F)c(C)cc1F)C1OCCC1C. The lowest BCUT2D eigenvalue weighted by atomic mass is 9.91. The van der Waals surface area contributed by atoms with Crippen LogP contribution in [0.4, 0.5) is 8.78 Å². The van der Waals surface area contributed by atoms with Gasteiger partial charge in [-0.3, -0.25) is 0 Å². The van der Waals surface area contributed by atoms with Crippen LogP contribution in [0.2, 0.25) is 0 Å². The van der Waals surface area contributed by atoms with Gasteiger partial charge >= 0.3 is 0 Å². The molecule has 0 amide bonds. The van der Waals surface area contributed by atoms with Crippen LogP contribution in [0.15, 0.2) is 12.1 Å². The molecule has 3 unspecified atom stereocenters. The van der Waals surface area contributed by atoms with Gasteiger partial charge in [-0.25, -0.2) is 8.78 Å². The molecule has 1 aromatic carbocycles. The molecule has 2 rings (SSSR count). The van der Waals surface area contributed by atoms with Gasteiger partial charge in [0, 0.05) is 12.2 Å². The zero-order chi connectivity index (χ0) is 14.7. The van der Waals surface area contributed by atoms with Crippen molar-refractivity contribution in [2.24, 2.45) is 5.92 Å². The number of benzene rings is 1. The van der Waals surface area contributed by atoms with Crippen LogP contribution >= 0.6 is 0 Å². The van der Waals surface area contributed by atoms with E-state index < -0.39 is 0 Å². The zero-order valence-corrected chi connectivity index (χ0v) is 12.4. The number of rotatable bonds is 5. The van der Waals surface area contributed by atoms with Crippen molar-refractivity contribution in [2.75, 3.05) is 13.2 Å². The second-order valence-electron chi connectivity index (χ2n) is 5.66. The molecule has 0 aromatic heterocycles. The first kappa shape index (κ1) is 15.4. The Hall–Kier alpha value is -1.00. The highest BCUT2D eigenvalue weighted by atomic mass is 19.1. The number of hydrogen-bond donors (Lipinski definition) is 1. The van der Waals surface area contributed by atoms with E-state index in [0.717, 1.165) is 19.4 Å². The van der Waals surface area contributed by atoms with Crippen molar-refractivity contribution >= 4 is 0 Å². The van der Waals surface area contributed by atoms with Gasteiger partial charge in [0.25, 0.3) is 0 Å². The van der Waals surface area contributed by atoms with E-state index in [0.29, 0.717) is 23.7 Å². The molecule has 1 aromatic rings. The molecular formula is C16H23F2NO. The third-order valence-corrected chi connectivity index (χ3v) is 4.00. The lowest BCUT2D eigenvalue weighted by molar-refractivity contribution is 0.0595. The highest BCUT2D eigenvalue weighted by Crippen LogP contribution is 2.33. The highest BCUT2D eigenvalue weighted by molar-refractivity contribution is 5.29. The molecule has 0 bridgehead atoms. The van der Waals surface area contributed by atoms with E-state index in [1.165, 1.54) is 12.1 Å². The van der Waals surface area contributed by atoms with Crippen molar-refractivity contribution in [3.8, 4) is 0 Å². The van der Waals surface area contributed by atoms with Crippen LogP contribution in [0.25, 0.3) is 0 Å². The van der Waals surface area contributed by atoms with Crippen molar-refractivity contribution in [1.82, 2.24) is 5.32 Å². The minimum absolute atomic E-state index is 0.0989. The minimum atomic E-state index is -0.365. The van der Waals surface area contributed by atoms with Gasteiger partial charge in [0.2, 0.25) is 0 Å². The average molecular weight is 283 g/mol. The van der Waals surface area contributed by atoms with E-state index >= 15 is 0 Å². The van der Waals surface area contributed by atoms with E-state index in [-0.39, 0.29) is 23.8 Å². The topological polar surface area (TPSA) is 21.3 Å². The first-order valence-electron chi connectivity index (χ1n) is 7.35. The standard InChI is InChI=1S/C16H23F2NO/c1-4-6-19-15(16-10(2)5-7-20-16)12-9-13(17)11(3)8-14(12)18/h8-10,15-16,19H,4-7H2,1-3H3. The van der Waals surface area contributed by atoms with Gasteiger partial charge in [0.15, 0.2) is 0 Å². The lowest BCUT2D eigenvalue weighted by Crippen LogP contribution is -2.36. The largest absolute Gasteiger partial charge is 0.376 e. The number of hydrogen-bond acceptors (Lipinski definition) is 2. The maximum atomic E-state index is 14.2. The number of nitrogens with one attached hydrogen (secondary N) is 1. The Morgan fingerprint density at radius 1 is 1.35 bits per heavy atom. The molecule has 112 valence electrons. The summed E-state index contributed by atoms with van der Waals surface area (Å²) in [5.41, 5.74) is 0.709. The highest BCUT2D eigenvalue weighted by Gasteiger charge is 2.34. The van der Waals surface area contributed by atoms with E-state index in [4.69, 9.17) is 4.74 Å². The summed E-state index contributed by atoms with van der Waals surface area (Å²) in [5, 5.41) is 3.31. The zero-order valence-electron chi connectivity index (χ0n) is 12.4. The first-order chi connectivity index (χ1) is 9.54. The van der Waals surface area contributed by atoms with Crippen LogP contribution < -0.4 is 5.32 Å². The quantitative estimate of drug-likeness (QED) is 0.889. The summed E-state index contributed by atoms with van der Waals surface area (Å²) in [6, 6.07) is 2.29. The monoisotopic (exact) mass is 283 g/mol. The van der Waals surface area contributed by atoms with Crippen LogP contribution in [0.3, 0.4) is 0 Å². The first-order valence-corrected chi connectivity index (χ1v) is 7.35. The smallest absolute Gasteiger partial charge is 0.128 e. The summed E-state index contributed by atoms with van der Waals surface area (Å²) in [5.74, 6) is -0.385. The average Bonchev–Trinajstić information content (AvgIpc) is 2.82. The summed E-state index contributed by atoms with van der Waals surface area (Å²) >= 11 is 0. The molecular weight excluding hydrogens is 260 g/mol. The minimum Gasteiger partial charge on any atom is -0.376 e. The maximum absolute atomic E-state index is 14.2. The van der Waals surface area contributed by atoms with Crippen LogP contribution in [0.1, 0.15) is 43.9 Å². The fourth-order valence-corrected chi connectivity index (χ4v) is 2.75. The Morgan fingerprint density at radius 3 is 2.70 bits per heavy atom. The molecule has 0 saturated carbocycles. The Morgan fingerprint density at radius 2 is 2.10 bits per heavy atom. The third kappa shape index (κ3) is 3.18. The second-order valence-corrected chi connectivity index (χ2v) is 5.66. The molecule has 1 saturated heterocycles. The summed E-state index contributed by atoms with van der Waals surface area (Å²) < 4.78 is 33.8. The van der Waals surface area contributed by atoms with Gasteiger partial charge in [0.05, 0.1) is 12.1 Å². The van der Waals surface area contributed by atoms with Gasteiger partial charge in [-0.1, -0.05) is 13.8 Å². The van der Waals surface area contributed by atoms with E-state index in [1.807, 2.05) is 0 Å². The van der Waals surface area contributed by atoms with Crippen LogP contribution in [0, 0.1) is 24.5 Å². The van der Waals surface area contributed by atoms with Crippen molar-refractivity contribution in [2.45, 2.75) is 45.8 Å². The van der Waals surface area contributed by atoms with Gasteiger partial charge in [-0.05, 0) is 49.9 Å². The Kier molecular flexibility index (Phi) is 5.11. The van der Waals surface area contributed by atoms with Crippen LogP contribution in [-0.4, -0.2) is 19.3 Å². The van der Waals surface area contributed by atoms with E-state index in [2.05, 4.69) is 19.2 Å². The van der Waals surface area contributed by atoms with Gasteiger partial charge < -0.3 is 10.1 Å². The summed E-state index contributed by atoms with van der Waals surface area (Å²) in [6.45, 7) is 7.17. The van der Waals surface area contributed by atoms with Crippen molar-refractivity contribution < 1.29 is 13.5 Å². The predicted octanol–water partition coefficient (Wildman–Crippen LogP) is 3.74. The van der Waals surface area contributed by atoms with Crippen LogP contribution in [0.5, 0.6) is 0 Å². The number of ether oxygens (including phenoxy) is 1. The number of aryl methyl sites for hydroxylation is 1. The fourth-order valence-electron chi connectivity index (χ4n) is 2.75. The van der Waals surface area contributed by atoms with Crippen molar-refractivity contribution in [1.29, 1.82) is 0 Å². The van der Waals surface area contributed by atoms with Gasteiger partial charge in [0.1, 0.15) is 11.6 Å². The molecule has 1 heterocycles. The molecule has 1 aliphatic heterocycles. The summed E-state index contributed by atoms with van der Waals surface area (Å²) in [7, 11) is 0. The number of halogens is 2. The molecule has 0 aliphatic carbocycles. The Bertz CT molecular complexity index is 464. The Labute approximate surface area is 119 Å². The maximum Gasteiger partial charge on any atom is 0.128 e. The fraction of sp³-hybridized carbons (Fsp3) is 0.625. The van der Waals surface area contributed by atoms with E-state index in [1.54, 1.807) is 6.92 Å². The van der Waals surface area contributed by atoms with Crippen molar-refractivity contribution in [3.63, 3.8) is 0 Å². The molecule has 1 fully saturated rings. The molecule has 0 spiro atoms. The van der Waals surface area contributed by atoms with Gasteiger partial charge in [-0.2, -0.15) is 0 Å². The lowest BCUT2D eigenvalue weighted by Gasteiger charge is -2.28. The molecule has 4 heteroatoms. The Balaban J connectivity index is 2.32. The normalized spacial score (nSPS) is 24.1. The van der Waals surface area contributed by atoms with Crippen molar-refractivity contribution in [3.05, 3.63) is 34.9 Å².